The van der Waals surface area contributed by atoms with Crippen molar-refractivity contribution in [3.63, 3.8) is 0 Å². The maximum absolute atomic E-state index is 13.9. The van der Waals surface area contributed by atoms with Gasteiger partial charge in [-0.1, -0.05) is 28.1 Å². The molecule has 4 rings (SSSR count). The second kappa shape index (κ2) is 12.5. The number of hydrogen-bond acceptors (Lipinski definition) is 8. The summed E-state index contributed by atoms with van der Waals surface area (Å²) in [4.78, 5) is 31.5. The molecule has 2 atom stereocenters. The van der Waals surface area contributed by atoms with Gasteiger partial charge in [-0.15, -0.1) is 0 Å². The number of carbonyl (C=O) groups is 2. The molecule has 1 saturated carbocycles. The Hall–Kier alpha value is -2.95. The summed E-state index contributed by atoms with van der Waals surface area (Å²) in [5, 5.41) is 8.98. The number of rotatable bonds is 12. The lowest BCUT2D eigenvalue weighted by Crippen LogP contribution is -2.53. The Morgan fingerprint density at radius 1 is 1.13 bits per heavy atom. The van der Waals surface area contributed by atoms with E-state index in [4.69, 9.17) is 24.3 Å². The molecule has 0 bridgehead atoms. The molecule has 1 aliphatic heterocycles. The van der Waals surface area contributed by atoms with Gasteiger partial charge in [-0.2, -0.15) is 0 Å². The van der Waals surface area contributed by atoms with Crippen molar-refractivity contribution in [2.45, 2.75) is 76.2 Å². The monoisotopic (exact) mass is 601 g/mol. The minimum atomic E-state index is -1.42. The first-order chi connectivity index (χ1) is 18.6. The number of nitrogens with one attached hydrogen (secondary N) is 2. The number of aliphatic hydroxyl groups is 1. The van der Waals surface area contributed by atoms with Crippen molar-refractivity contribution >= 4 is 33.7 Å². The molecule has 3 N–H and O–H groups in total. The zero-order valence-electron chi connectivity index (χ0n) is 22.5. The third kappa shape index (κ3) is 7.80. The van der Waals surface area contributed by atoms with Gasteiger partial charge in [0, 0.05) is 35.5 Å². The number of aliphatic hydroxyl groups excluding tert-OH is 1. The SMILES string of the molecule is CC(C)(C)OC(=O)CC[C@]1(C(=O)NNC2CC2)N=C(c2ccc(OCCCO)cc2)O[C@H]1c1ccc(Br)cc1. The molecular weight excluding hydrogens is 566 g/mol. The molecule has 210 valence electrons. The summed E-state index contributed by atoms with van der Waals surface area (Å²) in [6.07, 6.45) is 1.81. The van der Waals surface area contributed by atoms with Gasteiger partial charge in [0.15, 0.2) is 11.6 Å². The lowest BCUT2D eigenvalue weighted by molar-refractivity contribution is -0.155. The number of carbonyl (C=O) groups excluding carboxylic acids is 2. The summed E-state index contributed by atoms with van der Waals surface area (Å²) < 4.78 is 18.5. The van der Waals surface area contributed by atoms with E-state index in [-0.39, 0.29) is 31.4 Å². The van der Waals surface area contributed by atoms with Gasteiger partial charge in [-0.05, 0) is 82.0 Å². The fraction of sp³-hybridized carbons (Fsp3) is 0.483. The average Bonchev–Trinajstić information content (AvgIpc) is 3.64. The molecule has 1 amide bonds. The van der Waals surface area contributed by atoms with Crippen LogP contribution in [0.4, 0.5) is 0 Å². The molecule has 10 heteroatoms. The van der Waals surface area contributed by atoms with E-state index in [1.807, 2.05) is 57.2 Å². The van der Waals surface area contributed by atoms with Gasteiger partial charge in [0.25, 0.3) is 5.91 Å². The fourth-order valence-corrected chi connectivity index (χ4v) is 4.46. The number of hydrazine groups is 1. The van der Waals surface area contributed by atoms with Crippen molar-refractivity contribution in [3.05, 3.63) is 64.1 Å². The van der Waals surface area contributed by atoms with Crippen LogP contribution in [0.2, 0.25) is 0 Å². The van der Waals surface area contributed by atoms with Crippen LogP contribution < -0.4 is 15.6 Å². The van der Waals surface area contributed by atoms with Gasteiger partial charge in [0.05, 0.1) is 6.61 Å². The predicted octanol–water partition coefficient (Wildman–Crippen LogP) is 4.37. The van der Waals surface area contributed by atoms with Gasteiger partial charge in [-0.3, -0.25) is 15.0 Å². The molecule has 39 heavy (non-hydrogen) atoms. The molecule has 2 aromatic carbocycles. The summed E-state index contributed by atoms with van der Waals surface area (Å²) in [7, 11) is 0. The number of ether oxygens (including phenoxy) is 3. The van der Waals surface area contributed by atoms with Gasteiger partial charge >= 0.3 is 5.97 Å². The molecule has 0 radical (unpaired) electrons. The normalized spacial score (nSPS) is 20.6. The molecule has 1 aliphatic carbocycles. The van der Waals surface area contributed by atoms with Crippen LogP contribution in [0.1, 0.15) is 70.1 Å². The number of halogens is 1. The van der Waals surface area contributed by atoms with Crippen LogP contribution in [-0.2, 0) is 19.1 Å². The highest BCUT2D eigenvalue weighted by Crippen LogP contribution is 2.43. The summed E-state index contributed by atoms with van der Waals surface area (Å²) in [6, 6.07) is 15.0. The summed E-state index contributed by atoms with van der Waals surface area (Å²) >= 11 is 3.47. The average molecular weight is 603 g/mol. The second-order valence-corrected chi connectivity index (χ2v) is 11.7. The first-order valence-electron chi connectivity index (χ1n) is 13.2. The van der Waals surface area contributed by atoms with E-state index in [9.17, 15) is 9.59 Å². The Kier molecular flexibility index (Phi) is 9.30. The second-order valence-electron chi connectivity index (χ2n) is 10.8. The van der Waals surface area contributed by atoms with Gasteiger partial charge < -0.3 is 19.3 Å². The van der Waals surface area contributed by atoms with Crippen molar-refractivity contribution in [2.75, 3.05) is 13.2 Å². The first kappa shape index (κ1) is 29.0. The first-order valence-corrected chi connectivity index (χ1v) is 14.0. The van der Waals surface area contributed by atoms with Crippen LogP contribution in [0.15, 0.2) is 58.0 Å². The highest BCUT2D eigenvalue weighted by atomic mass is 79.9. The number of aliphatic imine (C=N–C) groups is 1. The number of nitrogens with zero attached hydrogens (tertiary/aromatic N) is 1. The molecule has 0 saturated heterocycles. The Morgan fingerprint density at radius 3 is 2.44 bits per heavy atom. The van der Waals surface area contributed by atoms with E-state index in [0.29, 0.717) is 30.2 Å². The number of hydrogen-bond donors (Lipinski definition) is 3. The largest absolute Gasteiger partial charge is 0.494 e. The maximum atomic E-state index is 13.9. The molecule has 1 fully saturated rings. The summed E-state index contributed by atoms with van der Waals surface area (Å²) in [6.45, 7) is 5.89. The van der Waals surface area contributed by atoms with Gasteiger partial charge in [-0.25, -0.2) is 10.4 Å². The number of amides is 1. The minimum absolute atomic E-state index is 0.0150. The topological polar surface area (TPSA) is 118 Å². The van der Waals surface area contributed by atoms with E-state index >= 15 is 0 Å². The van der Waals surface area contributed by atoms with Gasteiger partial charge in [0.2, 0.25) is 5.90 Å². The van der Waals surface area contributed by atoms with E-state index in [1.165, 1.54) is 0 Å². The third-order valence-electron chi connectivity index (χ3n) is 6.30. The quantitative estimate of drug-likeness (QED) is 0.188. The van der Waals surface area contributed by atoms with E-state index in [0.717, 1.165) is 22.9 Å². The predicted molar refractivity (Wildman–Crippen MR) is 150 cm³/mol. The standard InChI is InChI=1S/C29H36BrN3O6/c1-28(2,3)39-24(35)15-16-29(27(36)33-32-22-11-12-22)25(19-5-9-21(30)10-6-19)38-26(31-29)20-7-13-23(14-8-20)37-18-4-17-34/h5-10,13-14,22,25,32,34H,4,11-12,15-18H2,1-3H3,(H,33,36)/t25-,29-/m0/s1. The zero-order valence-corrected chi connectivity index (χ0v) is 24.1. The van der Waals surface area contributed by atoms with Crippen molar-refractivity contribution < 1.29 is 28.9 Å². The molecule has 2 aromatic rings. The van der Waals surface area contributed by atoms with Crippen LogP contribution in [0, 0.1) is 0 Å². The van der Waals surface area contributed by atoms with Crippen molar-refractivity contribution in [3.8, 4) is 5.75 Å². The van der Waals surface area contributed by atoms with E-state index in [2.05, 4.69) is 26.8 Å². The van der Waals surface area contributed by atoms with Crippen molar-refractivity contribution in [1.29, 1.82) is 0 Å². The fourth-order valence-electron chi connectivity index (χ4n) is 4.20. The number of esters is 1. The smallest absolute Gasteiger partial charge is 0.306 e. The van der Waals surface area contributed by atoms with Crippen LogP contribution >= 0.6 is 15.9 Å². The lowest BCUT2D eigenvalue weighted by atomic mass is 9.83. The molecule has 1 heterocycles. The Morgan fingerprint density at radius 2 is 1.82 bits per heavy atom. The third-order valence-corrected chi connectivity index (χ3v) is 6.83. The molecule has 0 unspecified atom stereocenters. The maximum Gasteiger partial charge on any atom is 0.306 e. The van der Waals surface area contributed by atoms with Crippen LogP contribution in [-0.4, -0.2) is 53.3 Å². The summed E-state index contributed by atoms with van der Waals surface area (Å²) in [5.74, 6) is 0.172. The van der Waals surface area contributed by atoms with E-state index < -0.39 is 23.2 Å². The molecule has 0 aromatic heterocycles. The minimum Gasteiger partial charge on any atom is -0.494 e. The van der Waals surface area contributed by atoms with Gasteiger partial charge in [0.1, 0.15) is 11.4 Å². The Bertz CT molecular complexity index is 1180. The Balaban J connectivity index is 1.67. The molecule has 2 aliphatic rings. The molecular formula is C29H36BrN3O6. The van der Waals surface area contributed by atoms with E-state index in [1.54, 1.807) is 12.1 Å². The molecule has 9 nitrogen and oxygen atoms in total. The lowest BCUT2D eigenvalue weighted by Gasteiger charge is -2.31. The van der Waals surface area contributed by atoms with Crippen LogP contribution in [0.3, 0.4) is 0 Å². The zero-order chi connectivity index (χ0) is 28.0. The van der Waals surface area contributed by atoms with Crippen LogP contribution in [0.5, 0.6) is 5.75 Å². The molecule has 0 spiro atoms. The Labute approximate surface area is 237 Å². The highest BCUT2D eigenvalue weighted by molar-refractivity contribution is 9.10. The van der Waals surface area contributed by atoms with Crippen molar-refractivity contribution in [2.24, 2.45) is 4.99 Å². The highest BCUT2D eigenvalue weighted by Gasteiger charge is 2.53. The number of benzene rings is 2. The van der Waals surface area contributed by atoms with Crippen LogP contribution in [0.25, 0.3) is 0 Å². The summed E-state index contributed by atoms with van der Waals surface area (Å²) in [5.41, 5.74) is 5.28. The van der Waals surface area contributed by atoms with Crippen molar-refractivity contribution in [1.82, 2.24) is 10.9 Å².